The minimum atomic E-state index is -0.194. The fourth-order valence-electron chi connectivity index (χ4n) is 2.37. The number of hydrogen-bond acceptors (Lipinski definition) is 5. The molecule has 1 aromatic heterocycles. The normalized spacial score (nSPS) is 11.0. The second-order valence-corrected chi connectivity index (χ2v) is 7.41. The summed E-state index contributed by atoms with van der Waals surface area (Å²) >= 11 is 4.72. The first-order chi connectivity index (χ1) is 13.2. The minimum Gasteiger partial charge on any atom is -0.302 e. The highest BCUT2D eigenvalue weighted by atomic mass is 79.9. The number of halogens is 1. The fourth-order valence-corrected chi connectivity index (χ4v) is 3.43. The van der Waals surface area contributed by atoms with E-state index < -0.39 is 0 Å². The quantitative estimate of drug-likeness (QED) is 0.340. The van der Waals surface area contributed by atoms with Gasteiger partial charge in [0.25, 0.3) is 5.91 Å². The molecule has 2 aromatic carbocycles. The first kappa shape index (κ1) is 19.3. The van der Waals surface area contributed by atoms with Crippen molar-refractivity contribution >= 4 is 39.8 Å². The molecule has 3 aromatic rings. The molecule has 0 radical (unpaired) electrons. The van der Waals surface area contributed by atoms with E-state index >= 15 is 0 Å². The summed E-state index contributed by atoms with van der Waals surface area (Å²) < 4.78 is 2.99. The van der Waals surface area contributed by atoms with Crippen molar-refractivity contribution in [3.63, 3.8) is 0 Å². The highest BCUT2D eigenvalue weighted by Crippen LogP contribution is 2.23. The third-order valence-corrected chi connectivity index (χ3v) is 5.17. The molecule has 27 heavy (non-hydrogen) atoms. The molecule has 0 fully saturated rings. The summed E-state index contributed by atoms with van der Waals surface area (Å²) in [5.41, 5.74) is 4.44. The van der Waals surface area contributed by atoms with Crippen LogP contribution in [0.2, 0.25) is 0 Å². The smallest absolute Gasteiger partial charge is 0.250 e. The average Bonchev–Trinajstić information content (AvgIpc) is 3.11. The fraction of sp³-hybridized carbons (Fsp3) is 0.158. The largest absolute Gasteiger partial charge is 0.302 e. The van der Waals surface area contributed by atoms with Crippen molar-refractivity contribution in [3.05, 3.63) is 64.6 Å². The number of benzene rings is 2. The van der Waals surface area contributed by atoms with E-state index in [9.17, 15) is 4.79 Å². The predicted molar refractivity (Wildman–Crippen MR) is 112 cm³/mol. The number of thioether (sulfide) groups is 1. The Morgan fingerprint density at radius 1 is 1.19 bits per heavy atom. The molecule has 138 valence electrons. The summed E-state index contributed by atoms with van der Waals surface area (Å²) in [7, 11) is 0. The first-order valence-corrected chi connectivity index (χ1v) is 10.1. The average molecular weight is 444 g/mol. The summed E-state index contributed by atoms with van der Waals surface area (Å²) in [6.45, 7) is 2.76. The summed E-state index contributed by atoms with van der Waals surface area (Å²) in [5.74, 6) is 0.819. The van der Waals surface area contributed by atoms with Crippen LogP contribution in [0.25, 0.3) is 11.4 Å². The van der Waals surface area contributed by atoms with Crippen LogP contribution in [0.5, 0.6) is 0 Å². The van der Waals surface area contributed by atoms with Crippen molar-refractivity contribution in [1.82, 2.24) is 20.2 Å². The molecule has 8 heteroatoms. The Morgan fingerprint density at radius 2 is 1.93 bits per heavy atom. The zero-order valence-corrected chi connectivity index (χ0v) is 17.1. The van der Waals surface area contributed by atoms with E-state index in [1.54, 1.807) is 6.21 Å². The first-order valence-electron chi connectivity index (χ1n) is 8.36. The minimum absolute atomic E-state index is 0.194. The highest BCUT2D eigenvalue weighted by Gasteiger charge is 2.14. The molecule has 0 aliphatic rings. The number of carbonyl (C=O) groups excluding carboxylic acids is 1. The molecule has 1 heterocycles. The van der Waals surface area contributed by atoms with Crippen molar-refractivity contribution in [2.24, 2.45) is 5.10 Å². The second-order valence-electron chi connectivity index (χ2n) is 5.55. The third-order valence-electron chi connectivity index (χ3n) is 3.67. The van der Waals surface area contributed by atoms with Crippen LogP contribution >= 0.6 is 27.7 Å². The van der Waals surface area contributed by atoms with Crippen molar-refractivity contribution in [1.29, 1.82) is 0 Å². The van der Waals surface area contributed by atoms with E-state index in [0.29, 0.717) is 5.16 Å². The van der Waals surface area contributed by atoms with E-state index in [1.165, 1.54) is 11.8 Å². The predicted octanol–water partition coefficient (Wildman–Crippen LogP) is 3.97. The highest BCUT2D eigenvalue weighted by molar-refractivity contribution is 9.10. The van der Waals surface area contributed by atoms with Crippen LogP contribution in [0.15, 0.2) is 69.3 Å². The number of nitrogens with zero attached hydrogens (tertiary/aromatic N) is 4. The maximum atomic E-state index is 12.0. The van der Waals surface area contributed by atoms with Gasteiger partial charge in [-0.2, -0.15) is 5.10 Å². The Balaban J connectivity index is 1.57. The molecule has 0 atom stereocenters. The summed E-state index contributed by atoms with van der Waals surface area (Å²) in [5, 5.41) is 13.2. The Bertz CT molecular complexity index is 925. The van der Waals surface area contributed by atoms with Crippen molar-refractivity contribution in [2.75, 3.05) is 5.75 Å². The molecule has 0 saturated heterocycles. The van der Waals surface area contributed by atoms with Gasteiger partial charge < -0.3 is 4.57 Å². The van der Waals surface area contributed by atoms with Gasteiger partial charge in [-0.25, -0.2) is 5.43 Å². The topological polar surface area (TPSA) is 72.2 Å². The molecule has 3 rings (SSSR count). The zero-order chi connectivity index (χ0) is 19.1. The van der Waals surface area contributed by atoms with Gasteiger partial charge in [-0.3, -0.25) is 4.79 Å². The summed E-state index contributed by atoms with van der Waals surface area (Å²) in [6.07, 6.45) is 1.61. The van der Waals surface area contributed by atoms with E-state index in [1.807, 2.05) is 66.1 Å². The van der Waals surface area contributed by atoms with Crippen LogP contribution in [0, 0.1) is 0 Å². The van der Waals surface area contributed by atoms with Crippen LogP contribution in [0.1, 0.15) is 12.5 Å². The van der Waals surface area contributed by atoms with Gasteiger partial charge in [0.15, 0.2) is 11.0 Å². The van der Waals surface area contributed by atoms with Crippen LogP contribution < -0.4 is 5.43 Å². The number of aromatic nitrogens is 3. The van der Waals surface area contributed by atoms with Gasteiger partial charge in [0.1, 0.15) is 0 Å². The number of nitrogens with one attached hydrogen (secondary N) is 1. The van der Waals surface area contributed by atoms with Gasteiger partial charge in [-0.15, -0.1) is 10.2 Å². The van der Waals surface area contributed by atoms with Crippen LogP contribution in [-0.2, 0) is 11.3 Å². The maximum Gasteiger partial charge on any atom is 0.250 e. The maximum absolute atomic E-state index is 12.0. The number of amides is 1. The van der Waals surface area contributed by atoms with Crippen LogP contribution in [0.3, 0.4) is 0 Å². The summed E-state index contributed by atoms with van der Waals surface area (Å²) in [4.78, 5) is 12.0. The lowest BCUT2D eigenvalue weighted by molar-refractivity contribution is -0.118. The third kappa shape index (κ3) is 5.27. The molecule has 0 aliphatic heterocycles. The second kappa shape index (κ2) is 9.48. The van der Waals surface area contributed by atoms with E-state index in [0.717, 1.165) is 28.0 Å². The molecule has 0 spiro atoms. The molecule has 1 amide bonds. The monoisotopic (exact) mass is 443 g/mol. The zero-order valence-electron chi connectivity index (χ0n) is 14.7. The van der Waals surface area contributed by atoms with Gasteiger partial charge in [0.2, 0.25) is 0 Å². The molecule has 0 saturated carbocycles. The standard InChI is InChI=1S/C19H18BrN5OS/c1-2-25-18(15-6-4-3-5-7-15)23-24-19(25)27-13-17(26)22-21-12-14-8-10-16(20)11-9-14/h3-12H,2,13H2,1H3,(H,22,26)/b21-12+. The SMILES string of the molecule is CCn1c(SCC(=O)N/N=C/c2ccc(Br)cc2)nnc1-c1ccccc1. The molecule has 1 N–H and O–H groups in total. The van der Waals surface area contributed by atoms with Crippen LogP contribution in [-0.4, -0.2) is 32.6 Å². The van der Waals surface area contributed by atoms with Gasteiger partial charge in [-0.05, 0) is 24.6 Å². The Labute approximate surface area is 170 Å². The van der Waals surface area contributed by atoms with E-state index in [4.69, 9.17) is 0 Å². The van der Waals surface area contributed by atoms with Gasteiger partial charge in [-0.1, -0.05) is 70.2 Å². The molecule has 0 bridgehead atoms. The molecular weight excluding hydrogens is 426 g/mol. The lowest BCUT2D eigenvalue weighted by Crippen LogP contribution is -2.20. The molecule has 0 unspecified atom stereocenters. The molecule has 6 nitrogen and oxygen atoms in total. The Hall–Kier alpha value is -2.45. The van der Waals surface area contributed by atoms with Crippen LogP contribution in [0.4, 0.5) is 0 Å². The number of carbonyl (C=O) groups is 1. The molecule has 0 aliphatic carbocycles. The Kier molecular flexibility index (Phi) is 6.78. The van der Waals surface area contributed by atoms with Crippen molar-refractivity contribution < 1.29 is 4.79 Å². The number of hydrogen-bond donors (Lipinski definition) is 1. The lowest BCUT2D eigenvalue weighted by Gasteiger charge is -2.06. The van der Waals surface area contributed by atoms with Crippen molar-refractivity contribution in [2.45, 2.75) is 18.6 Å². The Morgan fingerprint density at radius 3 is 2.63 bits per heavy atom. The number of rotatable bonds is 7. The lowest BCUT2D eigenvalue weighted by atomic mass is 10.2. The number of hydrazone groups is 1. The molecular formula is C19H18BrN5OS. The summed E-state index contributed by atoms with van der Waals surface area (Å²) in [6, 6.07) is 17.5. The van der Waals surface area contributed by atoms with Crippen molar-refractivity contribution in [3.8, 4) is 11.4 Å². The van der Waals surface area contributed by atoms with Gasteiger partial charge >= 0.3 is 0 Å². The van der Waals surface area contributed by atoms with E-state index in [2.05, 4.69) is 36.7 Å². The van der Waals surface area contributed by atoms with Gasteiger partial charge in [0.05, 0.1) is 12.0 Å². The van der Waals surface area contributed by atoms with Gasteiger partial charge in [0, 0.05) is 16.6 Å². The van der Waals surface area contributed by atoms with E-state index in [-0.39, 0.29) is 11.7 Å².